The van der Waals surface area contributed by atoms with Gasteiger partial charge in [0.25, 0.3) is 0 Å². The van der Waals surface area contributed by atoms with E-state index in [1.54, 1.807) is 13.1 Å². The highest BCUT2D eigenvalue weighted by atomic mass is 16.4. The minimum Gasteiger partial charge on any atom is -0.478 e. The minimum atomic E-state index is -0.962. The summed E-state index contributed by atoms with van der Waals surface area (Å²) < 4.78 is 5.47. The quantitative estimate of drug-likeness (QED) is 0.789. The molecule has 0 unspecified atom stereocenters. The van der Waals surface area contributed by atoms with E-state index >= 15 is 0 Å². The third-order valence-electron chi connectivity index (χ3n) is 3.25. The average Bonchev–Trinajstić information content (AvgIpc) is 2.75. The summed E-state index contributed by atoms with van der Waals surface area (Å²) in [5.74, 6) is -0.529. The van der Waals surface area contributed by atoms with Crippen molar-refractivity contribution in [1.29, 1.82) is 0 Å². The molecule has 20 heavy (non-hydrogen) atoms. The molecule has 100 valence electrons. The number of pyridine rings is 1. The van der Waals surface area contributed by atoms with Crippen molar-refractivity contribution in [1.82, 2.24) is 4.98 Å². The fourth-order valence-corrected chi connectivity index (χ4v) is 2.35. The second-order valence-electron chi connectivity index (χ2n) is 4.67. The van der Waals surface area contributed by atoms with Crippen LogP contribution in [0, 0.1) is 6.92 Å². The summed E-state index contributed by atoms with van der Waals surface area (Å²) in [6, 6.07) is 11.4. The number of hydrogen-bond donors (Lipinski definition) is 1. The molecule has 0 atom stereocenters. The minimum absolute atomic E-state index is 0.239. The zero-order valence-corrected chi connectivity index (χ0v) is 11.0. The Kier molecular flexibility index (Phi) is 2.99. The first-order valence-electron chi connectivity index (χ1n) is 6.30. The van der Waals surface area contributed by atoms with Crippen LogP contribution in [0.4, 0.5) is 0 Å². The predicted octanol–water partition coefficient (Wildman–Crippen LogP) is 3.43. The third kappa shape index (κ3) is 2.16. The van der Waals surface area contributed by atoms with E-state index in [-0.39, 0.29) is 5.56 Å². The molecule has 0 saturated carbocycles. The lowest BCUT2D eigenvalue weighted by molar-refractivity contribution is 0.0697. The van der Waals surface area contributed by atoms with E-state index in [4.69, 9.17) is 4.42 Å². The number of carbonyl (C=O) groups is 1. The van der Waals surface area contributed by atoms with E-state index in [1.807, 2.05) is 36.4 Å². The Labute approximate surface area is 115 Å². The predicted molar refractivity (Wildman–Crippen MR) is 75.0 cm³/mol. The van der Waals surface area contributed by atoms with Crippen LogP contribution in [0.5, 0.6) is 0 Å². The van der Waals surface area contributed by atoms with Crippen molar-refractivity contribution in [2.75, 3.05) is 0 Å². The summed E-state index contributed by atoms with van der Waals surface area (Å²) in [6.07, 6.45) is 2.42. The van der Waals surface area contributed by atoms with Gasteiger partial charge in [0, 0.05) is 23.7 Å². The lowest BCUT2D eigenvalue weighted by atomic mass is 10.0. The Hall–Kier alpha value is -2.62. The van der Waals surface area contributed by atoms with Crippen LogP contribution in [0.2, 0.25) is 0 Å². The van der Waals surface area contributed by atoms with Crippen LogP contribution in [-0.2, 0) is 6.42 Å². The number of furan rings is 1. The smallest absolute Gasteiger partial charge is 0.339 e. The summed E-state index contributed by atoms with van der Waals surface area (Å²) in [6.45, 7) is 1.67. The van der Waals surface area contributed by atoms with Gasteiger partial charge >= 0.3 is 5.97 Å². The van der Waals surface area contributed by atoms with Gasteiger partial charge < -0.3 is 9.52 Å². The number of aryl methyl sites for hydroxylation is 1. The number of nitrogens with zero attached hydrogens (tertiary/aromatic N) is 1. The normalized spacial score (nSPS) is 10.8. The van der Waals surface area contributed by atoms with Gasteiger partial charge in [0.2, 0.25) is 0 Å². The van der Waals surface area contributed by atoms with Gasteiger partial charge in [0.1, 0.15) is 16.9 Å². The molecule has 0 aliphatic heterocycles. The van der Waals surface area contributed by atoms with Crippen LogP contribution in [0.3, 0.4) is 0 Å². The maximum atomic E-state index is 11.3. The number of benzene rings is 1. The summed E-state index contributed by atoms with van der Waals surface area (Å²) in [4.78, 5) is 15.6. The molecular weight excluding hydrogens is 254 g/mol. The fraction of sp³-hybridized carbons (Fsp3) is 0.125. The molecular formula is C16H13NO3. The summed E-state index contributed by atoms with van der Waals surface area (Å²) in [5, 5.41) is 9.90. The van der Waals surface area contributed by atoms with Crippen molar-refractivity contribution in [2.24, 2.45) is 0 Å². The lowest BCUT2D eigenvalue weighted by Crippen LogP contribution is -1.97. The van der Waals surface area contributed by atoms with Crippen LogP contribution in [0.1, 0.15) is 27.4 Å². The Bertz CT molecular complexity index is 775. The van der Waals surface area contributed by atoms with E-state index < -0.39 is 5.97 Å². The van der Waals surface area contributed by atoms with Gasteiger partial charge in [-0.05, 0) is 36.8 Å². The topological polar surface area (TPSA) is 63.3 Å². The van der Waals surface area contributed by atoms with E-state index in [2.05, 4.69) is 4.98 Å². The summed E-state index contributed by atoms with van der Waals surface area (Å²) in [7, 11) is 0. The molecule has 0 aliphatic carbocycles. The molecule has 3 aromatic rings. The molecule has 4 heteroatoms. The molecule has 2 heterocycles. The van der Waals surface area contributed by atoms with Crippen molar-refractivity contribution >= 4 is 16.9 Å². The van der Waals surface area contributed by atoms with Crippen LogP contribution in [0.15, 0.2) is 47.0 Å². The SMILES string of the molecule is Cc1oc2ccc(Cc3ccccn3)cc2c1C(=O)O. The summed E-state index contributed by atoms with van der Waals surface area (Å²) in [5.41, 5.74) is 2.80. The van der Waals surface area contributed by atoms with Crippen LogP contribution in [0.25, 0.3) is 11.0 Å². The maximum absolute atomic E-state index is 11.3. The Morgan fingerprint density at radius 1 is 1.30 bits per heavy atom. The van der Waals surface area contributed by atoms with Gasteiger partial charge in [0.15, 0.2) is 0 Å². The maximum Gasteiger partial charge on any atom is 0.339 e. The van der Waals surface area contributed by atoms with Crippen LogP contribution in [-0.4, -0.2) is 16.1 Å². The van der Waals surface area contributed by atoms with Crippen molar-refractivity contribution in [3.63, 3.8) is 0 Å². The van der Waals surface area contributed by atoms with E-state index in [1.165, 1.54) is 0 Å². The molecule has 1 N–H and O–H groups in total. The molecule has 4 nitrogen and oxygen atoms in total. The molecule has 0 aliphatic rings. The molecule has 1 aromatic carbocycles. The number of hydrogen-bond acceptors (Lipinski definition) is 3. The van der Waals surface area contributed by atoms with E-state index in [9.17, 15) is 9.90 Å². The first-order valence-corrected chi connectivity index (χ1v) is 6.30. The Morgan fingerprint density at radius 2 is 2.15 bits per heavy atom. The third-order valence-corrected chi connectivity index (χ3v) is 3.25. The molecule has 0 radical (unpaired) electrons. The van der Waals surface area contributed by atoms with Crippen molar-refractivity contribution in [2.45, 2.75) is 13.3 Å². The highest BCUT2D eigenvalue weighted by molar-refractivity contribution is 6.03. The first-order chi connectivity index (χ1) is 9.65. The molecule has 3 rings (SSSR count). The second-order valence-corrected chi connectivity index (χ2v) is 4.67. The number of aromatic nitrogens is 1. The number of aromatic carboxylic acids is 1. The number of carboxylic acid groups (broad SMARTS) is 1. The van der Waals surface area contributed by atoms with Crippen molar-refractivity contribution in [3.8, 4) is 0 Å². The second kappa shape index (κ2) is 4.81. The molecule has 0 amide bonds. The van der Waals surface area contributed by atoms with E-state index in [0.717, 1.165) is 11.3 Å². The molecule has 0 saturated heterocycles. The highest BCUT2D eigenvalue weighted by Gasteiger charge is 2.17. The monoisotopic (exact) mass is 267 g/mol. The van der Waals surface area contributed by atoms with Crippen LogP contribution >= 0.6 is 0 Å². The van der Waals surface area contributed by atoms with Gasteiger partial charge in [-0.15, -0.1) is 0 Å². The first kappa shape index (κ1) is 12.4. The molecule has 0 fully saturated rings. The number of rotatable bonds is 3. The number of carboxylic acids is 1. The number of fused-ring (bicyclic) bond motifs is 1. The zero-order valence-electron chi connectivity index (χ0n) is 11.0. The van der Waals surface area contributed by atoms with Crippen molar-refractivity contribution < 1.29 is 14.3 Å². The molecule has 2 aromatic heterocycles. The molecule has 0 spiro atoms. The molecule has 0 bridgehead atoms. The Balaban J connectivity index is 2.06. The van der Waals surface area contributed by atoms with Gasteiger partial charge in [0.05, 0.1) is 0 Å². The average molecular weight is 267 g/mol. The van der Waals surface area contributed by atoms with Gasteiger partial charge in [-0.1, -0.05) is 12.1 Å². The largest absolute Gasteiger partial charge is 0.478 e. The lowest BCUT2D eigenvalue weighted by Gasteiger charge is -2.01. The standard InChI is InChI=1S/C16H13NO3/c1-10-15(16(18)19)13-9-11(5-6-14(13)20-10)8-12-4-2-3-7-17-12/h2-7,9H,8H2,1H3,(H,18,19). The zero-order chi connectivity index (χ0) is 14.1. The van der Waals surface area contributed by atoms with Gasteiger partial charge in [-0.2, -0.15) is 0 Å². The van der Waals surface area contributed by atoms with Crippen molar-refractivity contribution in [3.05, 3.63) is 65.2 Å². The van der Waals surface area contributed by atoms with Gasteiger partial charge in [-0.3, -0.25) is 4.98 Å². The van der Waals surface area contributed by atoms with E-state index in [0.29, 0.717) is 23.2 Å². The van der Waals surface area contributed by atoms with Crippen LogP contribution < -0.4 is 0 Å². The summed E-state index contributed by atoms with van der Waals surface area (Å²) >= 11 is 0. The highest BCUT2D eigenvalue weighted by Crippen LogP contribution is 2.27. The Morgan fingerprint density at radius 3 is 2.85 bits per heavy atom. The fourth-order valence-electron chi connectivity index (χ4n) is 2.35. The van der Waals surface area contributed by atoms with Gasteiger partial charge in [-0.25, -0.2) is 4.79 Å².